The lowest BCUT2D eigenvalue weighted by Crippen LogP contribution is -2.42. The highest BCUT2D eigenvalue weighted by molar-refractivity contribution is 5.19. The van der Waals surface area contributed by atoms with Gasteiger partial charge in [0.25, 0.3) is 0 Å². The third-order valence-corrected chi connectivity index (χ3v) is 3.41. The summed E-state index contributed by atoms with van der Waals surface area (Å²) in [5.41, 5.74) is 6.59. The van der Waals surface area contributed by atoms with E-state index in [1.165, 1.54) is 12.1 Å². The Kier molecular flexibility index (Phi) is 4.07. The molecule has 2 atom stereocenters. The lowest BCUT2D eigenvalue weighted by atomic mass is 9.88. The molecule has 94 valence electrons. The van der Waals surface area contributed by atoms with Gasteiger partial charge in [-0.2, -0.15) is 0 Å². The molecule has 1 aliphatic heterocycles. The van der Waals surface area contributed by atoms with Crippen molar-refractivity contribution >= 4 is 0 Å². The fourth-order valence-electron chi connectivity index (χ4n) is 2.35. The van der Waals surface area contributed by atoms with E-state index in [1.54, 1.807) is 0 Å². The minimum absolute atomic E-state index is 0.0669. The van der Waals surface area contributed by atoms with Crippen LogP contribution in [0.3, 0.4) is 0 Å². The van der Waals surface area contributed by atoms with E-state index in [9.17, 15) is 8.78 Å². The van der Waals surface area contributed by atoms with Gasteiger partial charge in [-0.05, 0) is 49.9 Å². The normalized spacial score (nSPS) is 22.4. The minimum atomic E-state index is -0.542. The molecular weight excluding hydrogens is 222 g/mol. The molecule has 1 fully saturated rings. The molecule has 2 unspecified atom stereocenters. The van der Waals surface area contributed by atoms with E-state index in [-0.39, 0.29) is 6.04 Å². The third kappa shape index (κ3) is 3.23. The van der Waals surface area contributed by atoms with Crippen LogP contribution < -0.4 is 11.1 Å². The average Bonchev–Trinajstić information content (AvgIpc) is 2.34. The van der Waals surface area contributed by atoms with Crippen molar-refractivity contribution in [1.82, 2.24) is 5.32 Å². The van der Waals surface area contributed by atoms with Crippen molar-refractivity contribution in [2.75, 3.05) is 13.1 Å². The van der Waals surface area contributed by atoms with Gasteiger partial charge >= 0.3 is 0 Å². The first-order valence-electron chi connectivity index (χ1n) is 6.07. The van der Waals surface area contributed by atoms with Gasteiger partial charge < -0.3 is 11.1 Å². The molecule has 17 heavy (non-hydrogen) atoms. The van der Waals surface area contributed by atoms with Gasteiger partial charge in [0.15, 0.2) is 0 Å². The van der Waals surface area contributed by atoms with Crippen LogP contribution in [0, 0.1) is 17.6 Å². The van der Waals surface area contributed by atoms with Crippen molar-refractivity contribution in [1.29, 1.82) is 0 Å². The molecule has 0 spiro atoms. The van der Waals surface area contributed by atoms with Crippen molar-refractivity contribution in [3.8, 4) is 0 Å². The molecule has 0 amide bonds. The van der Waals surface area contributed by atoms with Crippen molar-refractivity contribution < 1.29 is 8.78 Å². The molecule has 0 radical (unpaired) electrons. The number of piperidine rings is 1. The smallest absolute Gasteiger partial charge is 0.129 e. The number of hydrogen-bond acceptors (Lipinski definition) is 2. The second kappa shape index (κ2) is 5.56. The van der Waals surface area contributed by atoms with E-state index in [4.69, 9.17) is 5.73 Å². The highest BCUT2D eigenvalue weighted by Gasteiger charge is 2.21. The fourth-order valence-corrected chi connectivity index (χ4v) is 2.35. The first-order chi connectivity index (χ1) is 8.16. The Morgan fingerprint density at radius 3 is 2.88 bits per heavy atom. The maximum atomic E-state index is 13.5. The molecule has 0 saturated carbocycles. The topological polar surface area (TPSA) is 38.0 Å². The number of halogens is 2. The number of benzene rings is 1. The van der Waals surface area contributed by atoms with Gasteiger partial charge in [-0.1, -0.05) is 6.07 Å². The van der Waals surface area contributed by atoms with Crippen LogP contribution >= 0.6 is 0 Å². The van der Waals surface area contributed by atoms with Gasteiger partial charge in [0.05, 0.1) is 0 Å². The molecule has 2 nitrogen and oxygen atoms in total. The summed E-state index contributed by atoms with van der Waals surface area (Å²) < 4.78 is 26.2. The van der Waals surface area contributed by atoms with Crippen LogP contribution in [-0.2, 0) is 6.42 Å². The summed E-state index contributed by atoms with van der Waals surface area (Å²) >= 11 is 0. The largest absolute Gasteiger partial charge is 0.327 e. The van der Waals surface area contributed by atoms with E-state index in [1.807, 2.05) is 0 Å². The average molecular weight is 240 g/mol. The van der Waals surface area contributed by atoms with Crippen molar-refractivity contribution in [3.63, 3.8) is 0 Å². The molecule has 1 aromatic rings. The lowest BCUT2D eigenvalue weighted by Gasteiger charge is -2.28. The van der Waals surface area contributed by atoms with Gasteiger partial charge in [-0.3, -0.25) is 0 Å². The van der Waals surface area contributed by atoms with Gasteiger partial charge in [0, 0.05) is 12.1 Å². The zero-order chi connectivity index (χ0) is 12.3. The van der Waals surface area contributed by atoms with E-state index < -0.39 is 11.6 Å². The van der Waals surface area contributed by atoms with Crippen LogP contribution in [0.2, 0.25) is 0 Å². The molecule has 1 aliphatic rings. The Morgan fingerprint density at radius 2 is 2.24 bits per heavy atom. The minimum Gasteiger partial charge on any atom is -0.327 e. The molecule has 1 saturated heterocycles. The first kappa shape index (κ1) is 12.5. The number of rotatable bonds is 3. The molecule has 0 aliphatic carbocycles. The summed E-state index contributed by atoms with van der Waals surface area (Å²) in [5, 5.41) is 3.29. The van der Waals surface area contributed by atoms with Gasteiger partial charge in [-0.25, -0.2) is 8.78 Å². The zero-order valence-corrected chi connectivity index (χ0v) is 9.76. The SMILES string of the molecule is NC(Cc1ccc(F)cc1F)C1CCCNC1. The van der Waals surface area contributed by atoms with E-state index in [0.29, 0.717) is 17.9 Å². The monoisotopic (exact) mass is 240 g/mol. The summed E-state index contributed by atoms with van der Waals surface area (Å²) in [6.45, 7) is 1.93. The molecule has 0 aromatic heterocycles. The van der Waals surface area contributed by atoms with Gasteiger partial charge in [0.1, 0.15) is 11.6 Å². The van der Waals surface area contributed by atoms with Crippen molar-refractivity contribution in [2.24, 2.45) is 11.7 Å². The quantitative estimate of drug-likeness (QED) is 0.846. The highest BCUT2D eigenvalue weighted by atomic mass is 19.1. The molecule has 0 bridgehead atoms. The second-order valence-corrected chi connectivity index (χ2v) is 4.71. The molecular formula is C13H18F2N2. The highest BCUT2D eigenvalue weighted by Crippen LogP contribution is 2.18. The summed E-state index contributed by atoms with van der Waals surface area (Å²) in [6, 6.07) is 3.62. The third-order valence-electron chi connectivity index (χ3n) is 3.41. The molecule has 2 rings (SSSR count). The van der Waals surface area contributed by atoms with Crippen LogP contribution in [0.5, 0.6) is 0 Å². The molecule has 1 heterocycles. The number of hydrogen-bond donors (Lipinski definition) is 2. The van der Waals surface area contributed by atoms with Crippen LogP contribution in [0.1, 0.15) is 18.4 Å². The molecule has 3 N–H and O–H groups in total. The van der Waals surface area contributed by atoms with Crippen molar-refractivity contribution in [2.45, 2.75) is 25.3 Å². The standard InChI is InChI=1S/C13H18F2N2/c14-11-4-3-9(12(15)7-11)6-13(16)10-2-1-5-17-8-10/h3-4,7,10,13,17H,1-2,5-6,8,16H2. The second-order valence-electron chi connectivity index (χ2n) is 4.71. The van der Waals surface area contributed by atoms with Crippen LogP contribution in [0.4, 0.5) is 8.78 Å². The predicted octanol–water partition coefficient (Wildman–Crippen LogP) is 1.83. The van der Waals surface area contributed by atoms with Crippen LogP contribution in [0.15, 0.2) is 18.2 Å². The fraction of sp³-hybridized carbons (Fsp3) is 0.538. The van der Waals surface area contributed by atoms with E-state index in [0.717, 1.165) is 32.0 Å². The number of nitrogens with one attached hydrogen (secondary N) is 1. The Bertz CT molecular complexity index is 376. The number of nitrogens with two attached hydrogens (primary N) is 1. The summed E-state index contributed by atoms with van der Waals surface area (Å²) in [4.78, 5) is 0. The summed E-state index contributed by atoms with van der Waals surface area (Å²) in [7, 11) is 0. The first-order valence-corrected chi connectivity index (χ1v) is 6.07. The molecule has 1 aromatic carbocycles. The maximum absolute atomic E-state index is 13.5. The van der Waals surface area contributed by atoms with E-state index >= 15 is 0 Å². The zero-order valence-electron chi connectivity index (χ0n) is 9.76. The summed E-state index contributed by atoms with van der Waals surface area (Å²) in [5.74, 6) is -0.656. The Hall–Kier alpha value is -1.00. The maximum Gasteiger partial charge on any atom is 0.129 e. The Morgan fingerprint density at radius 1 is 1.41 bits per heavy atom. The van der Waals surface area contributed by atoms with E-state index in [2.05, 4.69) is 5.32 Å². The Labute approximate surface area is 100 Å². The van der Waals surface area contributed by atoms with Crippen LogP contribution in [-0.4, -0.2) is 19.1 Å². The van der Waals surface area contributed by atoms with Crippen molar-refractivity contribution in [3.05, 3.63) is 35.4 Å². The lowest BCUT2D eigenvalue weighted by molar-refractivity contribution is 0.319. The summed E-state index contributed by atoms with van der Waals surface area (Å²) in [6.07, 6.45) is 2.67. The predicted molar refractivity (Wildman–Crippen MR) is 63.6 cm³/mol. The van der Waals surface area contributed by atoms with Gasteiger partial charge in [-0.15, -0.1) is 0 Å². The molecule has 4 heteroatoms. The van der Waals surface area contributed by atoms with Crippen LogP contribution in [0.25, 0.3) is 0 Å². The Balaban J connectivity index is 1.99. The van der Waals surface area contributed by atoms with Gasteiger partial charge in [0.2, 0.25) is 0 Å².